The van der Waals surface area contributed by atoms with Crippen LogP contribution in [0.4, 0.5) is 0 Å². The number of para-hydroxylation sites is 1. The van der Waals surface area contributed by atoms with E-state index in [9.17, 15) is 9.59 Å². The normalized spacial score (nSPS) is 11.3. The monoisotopic (exact) mass is 408 g/mol. The smallest absolute Gasteiger partial charge is 0.328 e. The number of unbranched alkanes of at least 4 members (excludes halogenated alkanes) is 6. The highest BCUT2D eigenvalue weighted by Gasteiger charge is 2.46. The minimum atomic E-state index is -1.24. The van der Waals surface area contributed by atoms with Crippen molar-refractivity contribution in [3.63, 3.8) is 0 Å². The number of carbonyl (C=O) groups excluding carboxylic acids is 2. The van der Waals surface area contributed by atoms with Gasteiger partial charge >= 0.3 is 11.9 Å². The van der Waals surface area contributed by atoms with Crippen LogP contribution in [-0.4, -0.2) is 24.8 Å². The fourth-order valence-corrected chi connectivity index (χ4v) is 3.70. The van der Waals surface area contributed by atoms with Gasteiger partial charge in [-0.25, -0.2) is 0 Å². The number of thioether (sulfide) groups is 1. The van der Waals surface area contributed by atoms with Gasteiger partial charge in [-0.1, -0.05) is 71.4 Å². The standard InChI is InChI=1S/C23H36O4S/c1-5-8-9-10-11-12-15-18-26-21(24)23(6-2,7-3)22(25)27-19-16-13-14-17-20(19)28-4/h13-14,16-17H,5-12,15,18H2,1-4H3. The van der Waals surface area contributed by atoms with Crippen LogP contribution >= 0.6 is 11.8 Å². The first-order chi connectivity index (χ1) is 13.6. The van der Waals surface area contributed by atoms with E-state index in [1.807, 2.05) is 38.3 Å². The van der Waals surface area contributed by atoms with Crippen LogP contribution < -0.4 is 4.74 Å². The minimum Gasteiger partial charge on any atom is -0.465 e. The molecule has 28 heavy (non-hydrogen) atoms. The van der Waals surface area contributed by atoms with Gasteiger partial charge in [0.1, 0.15) is 5.75 Å². The van der Waals surface area contributed by atoms with Crippen molar-refractivity contribution in [3.8, 4) is 5.75 Å². The Hall–Kier alpha value is -1.49. The highest BCUT2D eigenvalue weighted by Crippen LogP contribution is 2.34. The molecule has 0 aliphatic carbocycles. The van der Waals surface area contributed by atoms with E-state index in [1.54, 1.807) is 6.07 Å². The molecule has 0 radical (unpaired) electrons. The van der Waals surface area contributed by atoms with Crippen LogP contribution in [0.2, 0.25) is 0 Å². The molecule has 0 aliphatic heterocycles. The zero-order valence-corrected chi connectivity index (χ0v) is 18.7. The van der Waals surface area contributed by atoms with Gasteiger partial charge in [-0.15, -0.1) is 11.8 Å². The molecule has 0 spiro atoms. The third kappa shape index (κ3) is 7.16. The molecule has 1 rings (SSSR count). The molecule has 5 heteroatoms. The maximum absolute atomic E-state index is 12.9. The van der Waals surface area contributed by atoms with Gasteiger partial charge in [-0.05, 0) is 37.7 Å². The summed E-state index contributed by atoms with van der Waals surface area (Å²) in [5.41, 5.74) is -1.24. The Kier molecular flexibility index (Phi) is 12.0. The van der Waals surface area contributed by atoms with Crippen molar-refractivity contribution < 1.29 is 19.1 Å². The van der Waals surface area contributed by atoms with Crippen molar-refractivity contribution >= 4 is 23.7 Å². The molecule has 0 saturated carbocycles. The first kappa shape index (κ1) is 24.5. The SMILES string of the molecule is CCCCCCCCCOC(=O)C(CC)(CC)C(=O)Oc1ccccc1SC. The first-order valence-corrected chi connectivity index (χ1v) is 11.8. The van der Waals surface area contributed by atoms with Crippen molar-refractivity contribution in [2.45, 2.75) is 83.5 Å². The third-order valence-corrected chi connectivity index (χ3v) is 6.02. The lowest BCUT2D eigenvalue weighted by atomic mass is 9.82. The predicted molar refractivity (Wildman–Crippen MR) is 116 cm³/mol. The second kappa shape index (κ2) is 13.6. The van der Waals surface area contributed by atoms with Crippen LogP contribution in [0, 0.1) is 5.41 Å². The van der Waals surface area contributed by atoms with Crippen molar-refractivity contribution in [2.24, 2.45) is 5.41 Å². The summed E-state index contributed by atoms with van der Waals surface area (Å²) in [5.74, 6) is -0.496. The molecule has 0 unspecified atom stereocenters. The minimum absolute atomic E-state index is 0.361. The van der Waals surface area contributed by atoms with E-state index in [-0.39, 0.29) is 0 Å². The van der Waals surface area contributed by atoms with E-state index < -0.39 is 17.4 Å². The van der Waals surface area contributed by atoms with Crippen LogP contribution in [0.3, 0.4) is 0 Å². The number of hydrogen-bond acceptors (Lipinski definition) is 5. The summed E-state index contributed by atoms with van der Waals surface area (Å²) < 4.78 is 11.1. The van der Waals surface area contributed by atoms with Crippen molar-refractivity contribution in [1.82, 2.24) is 0 Å². The summed E-state index contributed by atoms with van der Waals surface area (Å²) in [7, 11) is 0. The zero-order valence-electron chi connectivity index (χ0n) is 17.9. The van der Waals surface area contributed by atoms with Crippen molar-refractivity contribution in [2.75, 3.05) is 12.9 Å². The van der Waals surface area contributed by atoms with E-state index in [1.165, 1.54) is 37.4 Å². The van der Waals surface area contributed by atoms with Gasteiger partial charge in [0.05, 0.1) is 6.61 Å². The molecule has 4 nitrogen and oxygen atoms in total. The van der Waals surface area contributed by atoms with Crippen LogP contribution in [0.1, 0.15) is 78.6 Å². The van der Waals surface area contributed by atoms with E-state index in [0.717, 1.165) is 24.2 Å². The summed E-state index contributed by atoms with van der Waals surface area (Å²) in [5, 5.41) is 0. The highest BCUT2D eigenvalue weighted by atomic mass is 32.2. The van der Waals surface area contributed by atoms with Gasteiger partial charge in [-0.2, -0.15) is 0 Å². The molecular weight excluding hydrogens is 372 g/mol. The average Bonchev–Trinajstić information content (AvgIpc) is 2.71. The molecule has 0 heterocycles. The lowest BCUT2D eigenvalue weighted by Crippen LogP contribution is -2.42. The Morgan fingerprint density at radius 3 is 2.11 bits per heavy atom. The molecule has 0 fully saturated rings. The molecule has 0 atom stereocenters. The second-order valence-electron chi connectivity index (χ2n) is 7.09. The van der Waals surface area contributed by atoms with E-state index >= 15 is 0 Å². The summed E-state index contributed by atoms with van der Waals surface area (Å²) in [6, 6.07) is 7.36. The molecule has 158 valence electrons. The van der Waals surface area contributed by atoms with Crippen LogP contribution in [0.5, 0.6) is 5.75 Å². The number of hydrogen-bond donors (Lipinski definition) is 0. The number of esters is 2. The summed E-state index contributed by atoms with van der Waals surface area (Å²) in [6.45, 7) is 6.24. The lowest BCUT2D eigenvalue weighted by molar-refractivity contribution is -0.168. The first-order valence-electron chi connectivity index (χ1n) is 10.6. The van der Waals surface area contributed by atoms with Crippen LogP contribution in [-0.2, 0) is 14.3 Å². The zero-order chi connectivity index (χ0) is 20.8. The molecule has 0 aromatic heterocycles. The molecule has 0 bridgehead atoms. The summed E-state index contributed by atoms with van der Waals surface area (Å²) in [6.07, 6.45) is 10.7. The number of benzene rings is 1. The van der Waals surface area contributed by atoms with E-state index in [4.69, 9.17) is 9.47 Å². The maximum atomic E-state index is 12.9. The Balaban J connectivity index is 2.60. The van der Waals surface area contributed by atoms with Gasteiger partial charge in [-0.3, -0.25) is 9.59 Å². The lowest BCUT2D eigenvalue weighted by Gasteiger charge is -2.27. The molecule has 0 aliphatic rings. The maximum Gasteiger partial charge on any atom is 0.328 e. The number of ether oxygens (including phenoxy) is 2. The van der Waals surface area contributed by atoms with Crippen LogP contribution in [0.15, 0.2) is 29.2 Å². The molecule has 0 saturated heterocycles. The molecule has 0 amide bonds. The van der Waals surface area contributed by atoms with Gasteiger partial charge in [0.25, 0.3) is 0 Å². The Morgan fingerprint density at radius 1 is 0.893 bits per heavy atom. The Bertz CT molecular complexity index is 596. The molecular formula is C23H36O4S. The van der Waals surface area contributed by atoms with Gasteiger partial charge in [0.2, 0.25) is 0 Å². The third-order valence-electron chi connectivity index (χ3n) is 5.24. The fourth-order valence-electron chi connectivity index (χ4n) is 3.17. The Labute approximate surface area is 174 Å². The van der Waals surface area contributed by atoms with E-state index in [2.05, 4.69) is 6.92 Å². The quantitative estimate of drug-likeness (QED) is 0.117. The summed E-state index contributed by atoms with van der Waals surface area (Å²) in [4.78, 5) is 26.5. The Morgan fingerprint density at radius 2 is 1.50 bits per heavy atom. The average molecular weight is 409 g/mol. The van der Waals surface area contributed by atoms with Gasteiger partial charge < -0.3 is 9.47 Å². The second-order valence-corrected chi connectivity index (χ2v) is 7.93. The number of carbonyl (C=O) groups is 2. The van der Waals surface area contributed by atoms with Crippen molar-refractivity contribution in [1.29, 1.82) is 0 Å². The molecule has 1 aromatic rings. The molecule has 0 N–H and O–H groups in total. The van der Waals surface area contributed by atoms with E-state index in [0.29, 0.717) is 25.2 Å². The van der Waals surface area contributed by atoms with Gasteiger partial charge in [0, 0.05) is 4.90 Å². The van der Waals surface area contributed by atoms with Crippen molar-refractivity contribution in [3.05, 3.63) is 24.3 Å². The molecule has 1 aromatic carbocycles. The summed E-state index contributed by atoms with van der Waals surface area (Å²) >= 11 is 1.50. The highest BCUT2D eigenvalue weighted by molar-refractivity contribution is 7.98. The largest absolute Gasteiger partial charge is 0.465 e. The van der Waals surface area contributed by atoms with Gasteiger partial charge in [0.15, 0.2) is 5.41 Å². The topological polar surface area (TPSA) is 52.6 Å². The fraction of sp³-hybridized carbons (Fsp3) is 0.652. The van der Waals surface area contributed by atoms with Crippen LogP contribution in [0.25, 0.3) is 0 Å². The predicted octanol–water partition coefficient (Wildman–Crippen LogP) is 6.41. The number of rotatable bonds is 14.